The van der Waals surface area contributed by atoms with Crippen molar-refractivity contribution in [1.29, 1.82) is 0 Å². The van der Waals surface area contributed by atoms with Gasteiger partial charge in [-0.25, -0.2) is 4.98 Å². The average molecular weight is 237 g/mol. The van der Waals surface area contributed by atoms with E-state index < -0.39 is 0 Å². The summed E-state index contributed by atoms with van der Waals surface area (Å²) in [4.78, 5) is 26.4. The van der Waals surface area contributed by atoms with Gasteiger partial charge in [-0.1, -0.05) is 0 Å². The summed E-state index contributed by atoms with van der Waals surface area (Å²) in [7, 11) is 0. The van der Waals surface area contributed by atoms with E-state index in [-0.39, 0.29) is 17.6 Å². The lowest BCUT2D eigenvalue weighted by atomic mass is 10.3. The van der Waals surface area contributed by atoms with Crippen molar-refractivity contribution in [2.45, 2.75) is 31.7 Å². The lowest BCUT2D eigenvalue weighted by Gasteiger charge is -2.04. The van der Waals surface area contributed by atoms with Gasteiger partial charge in [-0.3, -0.25) is 14.7 Å². The summed E-state index contributed by atoms with van der Waals surface area (Å²) in [6, 6.07) is 0.395. The van der Waals surface area contributed by atoms with Gasteiger partial charge < -0.3 is 10.6 Å². The van der Waals surface area contributed by atoms with Gasteiger partial charge >= 0.3 is 0 Å². The Morgan fingerprint density at radius 1 is 1.47 bits per heavy atom. The number of rotatable bonds is 6. The molecule has 0 bridgehead atoms. The van der Waals surface area contributed by atoms with Crippen LogP contribution in [0.25, 0.3) is 0 Å². The van der Waals surface area contributed by atoms with Gasteiger partial charge in [-0.15, -0.1) is 0 Å². The Hall–Kier alpha value is -1.92. The highest BCUT2D eigenvalue weighted by Crippen LogP contribution is 2.18. The molecule has 1 saturated carbocycles. The van der Waals surface area contributed by atoms with Crippen LogP contribution in [0.1, 0.15) is 36.3 Å². The van der Waals surface area contributed by atoms with Crippen molar-refractivity contribution in [2.75, 3.05) is 6.54 Å². The molecule has 17 heavy (non-hydrogen) atoms. The van der Waals surface area contributed by atoms with Crippen LogP contribution in [-0.2, 0) is 4.79 Å². The van der Waals surface area contributed by atoms with Crippen molar-refractivity contribution >= 4 is 11.8 Å². The van der Waals surface area contributed by atoms with E-state index in [1.54, 1.807) is 0 Å². The van der Waals surface area contributed by atoms with Crippen LogP contribution in [0, 0.1) is 0 Å². The minimum absolute atomic E-state index is 0.0569. The first kappa shape index (κ1) is 11.6. The zero-order valence-electron chi connectivity index (χ0n) is 9.40. The zero-order valence-corrected chi connectivity index (χ0v) is 9.40. The van der Waals surface area contributed by atoms with Gasteiger partial charge in [0.25, 0.3) is 5.91 Å². The fourth-order valence-corrected chi connectivity index (χ4v) is 1.38. The fraction of sp³-hybridized carbons (Fsp3) is 0.600. The molecule has 1 heterocycles. The number of hydrogen-bond acceptors (Lipinski definition) is 4. The van der Waals surface area contributed by atoms with Gasteiger partial charge in [0.1, 0.15) is 6.33 Å². The summed E-state index contributed by atoms with van der Waals surface area (Å²) in [6.45, 7) is 0.456. The monoisotopic (exact) mass is 237 g/mol. The maximum atomic E-state index is 11.4. The quantitative estimate of drug-likeness (QED) is 0.586. The van der Waals surface area contributed by atoms with Crippen LogP contribution >= 0.6 is 0 Å². The Morgan fingerprint density at radius 2 is 2.29 bits per heavy atom. The molecule has 7 nitrogen and oxygen atoms in total. The molecule has 0 aromatic carbocycles. The van der Waals surface area contributed by atoms with Gasteiger partial charge in [0, 0.05) is 19.0 Å². The summed E-state index contributed by atoms with van der Waals surface area (Å²) < 4.78 is 0. The van der Waals surface area contributed by atoms with E-state index in [0.29, 0.717) is 25.4 Å². The second-order valence-electron chi connectivity index (χ2n) is 4.04. The number of nitrogens with one attached hydrogen (secondary N) is 3. The Morgan fingerprint density at radius 3 is 2.94 bits per heavy atom. The number of hydrogen-bond donors (Lipinski definition) is 3. The molecule has 2 amide bonds. The average Bonchev–Trinajstić information content (AvgIpc) is 2.96. The molecule has 0 unspecified atom stereocenters. The lowest BCUT2D eigenvalue weighted by molar-refractivity contribution is -0.121. The summed E-state index contributed by atoms with van der Waals surface area (Å²) in [6.07, 6.45) is 4.52. The SMILES string of the molecule is O=C(CCCNC(=O)c1ncn[nH]1)NC1CC1. The number of carbonyl (C=O) groups excluding carboxylic acids is 2. The molecule has 0 aliphatic heterocycles. The molecule has 0 spiro atoms. The number of aromatic nitrogens is 3. The van der Waals surface area contributed by atoms with Crippen molar-refractivity contribution in [3.05, 3.63) is 12.2 Å². The largest absolute Gasteiger partial charge is 0.353 e. The minimum atomic E-state index is -0.301. The van der Waals surface area contributed by atoms with Crippen molar-refractivity contribution in [1.82, 2.24) is 25.8 Å². The summed E-state index contributed by atoms with van der Waals surface area (Å²) >= 11 is 0. The van der Waals surface area contributed by atoms with Crippen LogP contribution in [0.5, 0.6) is 0 Å². The molecular formula is C10H15N5O2. The standard InChI is InChI=1S/C10H15N5O2/c16-8(14-7-3-4-7)2-1-5-11-10(17)9-12-6-13-15-9/h6-7H,1-5H2,(H,11,17)(H,14,16)(H,12,13,15). The van der Waals surface area contributed by atoms with Crippen molar-refractivity contribution < 1.29 is 9.59 Å². The molecule has 0 radical (unpaired) electrons. The highest BCUT2D eigenvalue weighted by atomic mass is 16.2. The van der Waals surface area contributed by atoms with E-state index >= 15 is 0 Å². The first-order valence-electron chi connectivity index (χ1n) is 5.68. The van der Waals surface area contributed by atoms with Gasteiger partial charge in [0.2, 0.25) is 11.7 Å². The number of carbonyl (C=O) groups is 2. The maximum absolute atomic E-state index is 11.4. The van der Waals surface area contributed by atoms with E-state index in [0.717, 1.165) is 12.8 Å². The first-order chi connectivity index (χ1) is 8.25. The summed E-state index contributed by atoms with van der Waals surface area (Å²) in [5.74, 6) is -0.0565. The topological polar surface area (TPSA) is 99.8 Å². The lowest BCUT2D eigenvalue weighted by Crippen LogP contribution is -2.28. The second-order valence-corrected chi connectivity index (χ2v) is 4.04. The molecule has 1 aliphatic rings. The summed E-state index contributed by atoms with van der Waals surface area (Å²) in [5, 5.41) is 11.6. The van der Waals surface area contributed by atoms with Crippen LogP contribution in [0.2, 0.25) is 0 Å². The van der Waals surface area contributed by atoms with Crippen LogP contribution in [0.3, 0.4) is 0 Å². The van der Waals surface area contributed by atoms with Crippen LogP contribution < -0.4 is 10.6 Å². The fourth-order valence-electron chi connectivity index (χ4n) is 1.38. The Bertz CT molecular complexity index is 385. The third kappa shape index (κ3) is 3.86. The van der Waals surface area contributed by atoms with E-state index in [1.165, 1.54) is 6.33 Å². The molecule has 1 aromatic rings. The van der Waals surface area contributed by atoms with Crippen LogP contribution in [0.4, 0.5) is 0 Å². The Labute approximate surface area is 98.4 Å². The minimum Gasteiger partial charge on any atom is -0.353 e. The molecule has 0 saturated heterocycles. The number of amides is 2. The highest BCUT2D eigenvalue weighted by molar-refractivity contribution is 5.90. The van der Waals surface area contributed by atoms with Crippen molar-refractivity contribution in [3.8, 4) is 0 Å². The van der Waals surface area contributed by atoms with Crippen molar-refractivity contribution in [2.24, 2.45) is 0 Å². The third-order valence-corrected chi connectivity index (χ3v) is 2.44. The Kier molecular flexibility index (Phi) is 3.69. The first-order valence-corrected chi connectivity index (χ1v) is 5.68. The normalized spacial score (nSPS) is 14.4. The molecule has 3 N–H and O–H groups in total. The second kappa shape index (κ2) is 5.42. The maximum Gasteiger partial charge on any atom is 0.288 e. The predicted octanol–water partition coefficient (Wildman–Crippen LogP) is -0.407. The molecule has 1 aromatic heterocycles. The van der Waals surface area contributed by atoms with Gasteiger partial charge in [-0.2, -0.15) is 5.10 Å². The summed E-state index contributed by atoms with van der Waals surface area (Å²) in [5.41, 5.74) is 0. The van der Waals surface area contributed by atoms with Crippen LogP contribution in [-0.4, -0.2) is 39.6 Å². The van der Waals surface area contributed by atoms with E-state index in [4.69, 9.17) is 0 Å². The molecular weight excluding hydrogens is 222 g/mol. The molecule has 7 heteroatoms. The number of nitrogens with zero attached hydrogens (tertiary/aromatic N) is 2. The van der Waals surface area contributed by atoms with E-state index in [9.17, 15) is 9.59 Å². The van der Waals surface area contributed by atoms with Gasteiger partial charge in [0.05, 0.1) is 0 Å². The third-order valence-electron chi connectivity index (χ3n) is 2.44. The smallest absolute Gasteiger partial charge is 0.288 e. The highest BCUT2D eigenvalue weighted by Gasteiger charge is 2.22. The predicted molar refractivity (Wildman–Crippen MR) is 59.1 cm³/mol. The molecule has 2 rings (SSSR count). The number of aromatic amines is 1. The van der Waals surface area contributed by atoms with E-state index in [1.807, 2.05) is 0 Å². The van der Waals surface area contributed by atoms with Gasteiger partial charge in [-0.05, 0) is 19.3 Å². The zero-order chi connectivity index (χ0) is 12.1. The molecule has 92 valence electrons. The Balaban J connectivity index is 1.56. The number of H-pyrrole nitrogens is 1. The van der Waals surface area contributed by atoms with Gasteiger partial charge in [0.15, 0.2) is 0 Å². The van der Waals surface area contributed by atoms with E-state index in [2.05, 4.69) is 25.8 Å². The van der Waals surface area contributed by atoms with Crippen molar-refractivity contribution in [3.63, 3.8) is 0 Å². The molecule has 1 aliphatic carbocycles. The van der Waals surface area contributed by atoms with Crippen LogP contribution in [0.15, 0.2) is 6.33 Å². The molecule has 1 fully saturated rings. The molecule has 0 atom stereocenters.